The second-order valence-corrected chi connectivity index (χ2v) is 5.12. The van der Waals surface area contributed by atoms with Crippen molar-refractivity contribution in [2.24, 2.45) is 0 Å². The maximum absolute atomic E-state index is 12.0. The smallest absolute Gasteiger partial charge is 0.337 e. The van der Waals surface area contributed by atoms with Crippen LogP contribution in [0, 0.1) is 6.92 Å². The van der Waals surface area contributed by atoms with Gasteiger partial charge >= 0.3 is 5.97 Å². The number of aryl methyl sites for hydroxylation is 1. The predicted octanol–water partition coefficient (Wildman–Crippen LogP) is 1.11. The lowest BCUT2D eigenvalue weighted by molar-refractivity contribution is -0.155. The Labute approximate surface area is 121 Å². The van der Waals surface area contributed by atoms with E-state index in [1.54, 1.807) is 18.2 Å². The Bertz CT molecular complexity index is 710. The van der Waals surface area contributed by atoms with Gasteiger partial charge in [0.1, 0.15) is 0 Å². The lowest BCUT2D eigenvalue weighted by Gasteiger charge is -2.18. The molecule has 0 bridgehead atoms. The molecule has 1 atom stereocenters. The number of carbonyl (C=O) groups is 2. The van der Waals surface area contributed by atoms with Gasteiger partial charge in [0.2, 0.25) is 0 Å². The number of hydrogen-bond donors (Lipinski definition) is 3. The van der Waals surface area contributed by atoms with E-state index in [0.29, 0.717) is 5.56 Å². The molecule has 21 heavy (non-hydrogen) atoms. The van der Waals surface area contributed by atoms with Gasteiger partial charge in [0.15, 0.2) is 5.60 Å². The normalized spacial score (nSPS) is 13.7. The molecule has 0 saturated heterocycles. The molecule has 0 spiro atoms. The number of aliphatic hydroxyl groups is 1. The highest BCUT2D eigenvalue weighted by molar-refractivity contribution is 5.98. The molecule has 1 aromatic carbocycles. The number of carbonyl (C=O) groups excluding carboxylic acids is 1. The number of fused-ring (bicyclic) bond motifs is 1. The minimum Gasteiger partial charge on any atom is -0.479 e. The molecule has 110 valence electrons. The average Bonchev–Trinajstić information content (AvgIpc) is 2.44. The van der Waals surface area contributed by atoms with Crippen LogP contribution in [0.4, 0.5) is 0 Å². The molecule has 1 heterocycles. The number of carboxylic acid groups (broad SMARTS) is 1. The van der Waals surface area contributed by atoms with E-state index in [1.807, 2.05) is 19.1 Å². The van der Waals surface area contributed by atoms with Gasteiger partial charge in [0.05, 0.1) is 12.1 Å². The van der Waals surface area contributed by atoms with Crippen LogP contribution in [0.5, 0.6) is 0 Å². The molecular weight excluding hydrogens is 272 g/mol. The molecule has 1 unspecified atom stereocenters. The molecule has 0 aliphatic rings. The van der Waals surface area contributed by atoms with Crippen LogP contribution < -0.4 is 5.32 Å². The Morgan fingerprint density at radius 2 is 2.00 bits per heavy atom. The number of aromatic nitrogens is 1. The summed E-state index contributed by atoms with van der Waals surface area (Å²) in [6.45, 7) is 2.64. The number of amides is 1. The SMILES string of the molecule is Cc1ccc2cc(C(=O)NCC(C)(O)C(=O)O)ccc2n1. The van der Waals surface area contributed by atoms with Gasteiger partial charge in [-0.2, -0.15) is 0 Å². The van der Waals surface area contributed by atoms with Gasteiger partial charge in [0, 0.05) is 16.6 Å². The number of hydrogen-bond acceptors (Lipinski definition) is 4. The van der Waals surface area contributed by atoms with Crippen LogP contribution >= 0.6 is 0 Å². The van der Waals surface area contributed by atoms with Crippen LogP contribution in [0.3, 0.4) is 0 Å². The molecule has 2 rings (SSSR count). The van der Waals surface area contributed by atoms with Crippen LogP contribution in [-0.4, -0.2) is 39.2 Å². The fourth-order valence-corrected chi connectivity index (χ4v) is 1.80. The summed E-state index contributed by atoms with van der Waals surface area (Å²) in [7, 11) is 0. The van der Waals surface area contributed by atoms with E-state index in [-0.39, 0.29) is 6.54 Å². The molecular formula is C15H16N2O4. The minimum atomic E-state index is -1.99. The quantitative estimate of drug-likeness (QED) is 0.782. The van der Waals surface area contributed by atoms with E-state index >= 15 is 0 Å². The summed E-state index contributed by atoms with van der Waals surface area (Å²) >= 11 is 0. The Hall–Kier alpha value is -2.47. The fourth-order valence-electron chi connectivity index (χ4n) is 1.80. The van der Waals surface area contributed by atoms with Crippen molar-refractivity contribution in [2.75, 3.05) is 6.54 Å². The van der Waals surface area contributed by atoms with Crippen molar-refractivity contribution >= 4 is 22.8 Å². The summed E-state index contributed by atoms with van der Waals surface area (Å²) in [5, 5.41) is 21.6. The highest BCUT2D eigenvalue weighted by Gasteiger charge is 2.30. The van der Waals surface area contributed by atoms with E-state index < -0.39 is 17.5 Å². The third-order valence-electron chi connectivity index (χ3n) is 3.14. The summed E-state index contributed by atoms with van der Waals surface area (Å²) in [4.78, 5) is 27.1. The summed E-state index contributed by atoms with van der Waals surface area (Å²) < 4.78 is 0. The first kappa shape index (κ1) is 14.9. The van der Waals surface area contributed by atoms with Gasteiger partial charge in [-0.3, -0.25) is 9.78 Å². The third-order valence-corrected chi connectivity index (χ3v) is 3.14. The van der Waals surface area contributed by atoms with Crippen LogP contribution in [0.2, 0.25) is 0 Å². The number of carboxylic acids is 1. The van der Waals surface area contributed by atoms with E-state index in [0.717, 1.165) is 23.5 Å². The standard InChI is InChI=1S/C15H16N2O4/c1-9-3-4-10-7-11(5-6-12(10)17-9)13(18)16-8-15(2,21)14(19)20/h3-7,21H,8H2,1-2H3,(H,16,18)(H,19,20). The van der Waals surface area contributed by atoms with Crippen LogP contribution in [-0.2, 0) is 4.79 Å². The van der Waals surface area contributed by atoms with Crippen molar-refractivity contribution in [1.82, 2.24) is 10.3 Å². The van der Waals surface area contributed by atoms with Crippen molar-refractivity contribution in [3.8, 4) is 0 Å². The van der Waals surface area contributed by atoms with Crippen molar-refractivity contribution < 1.29 is 19.8 Å². The van der Waals surface area contributed by atoms with Gasteiger partial charge in [-0.05, 0) is 38.1 Å². The Kier molecular flexibility index (Phi) is 3.90. The van der Waals surface area contributed by atoms with Crippen molar-refractivity contribution in [2.45, 2.75) is 19.4 Å². The first-order valence-electron chi connectivity index (χ1n) is 6.41. The van der Waals surface area contributed by atoms with Crippen LogP contribution in [0.15, 0.2) is 30.3 Å². The highest BCUT2D eigenvalue weighted by Crippen LogP contribution is 2.15. The van der Waals surface area contributed by atoms with E-state index in [2.05, 4.69) is 10.3 Å². The highest BCUT2D eigenvalue weighted by atomic mass is 16.4. The molecule has 6 nitrogen and oxygen atoms in total. The van der Waals surface area contributed by atoms with E-state index in [1.165, 1.54) is 0 Å². The zero-order chi connectivity index (χ0) is 15.6. The maximum Gasteiger partial charge on any atom is 0.337 e. The lowest BCUT2D eigenvalue weighted by atomic mass is 10.1. The number of nitrogens with zero attached hydrogens (tertiary/aromatic N) is 1. The van der Waals surface area contributed by atoms with Crippen molar-refractivity contribution in [3.63, 3.8) is 0 Å². The molecule has 0 aliphatic heterocycles. The Morgan fingerprint density at radius 1 is 1.29 bits per heavy atom. The molecule has 6 heteroatoms. The predicted molar refractivity (Wildman–Crippen MR) is 77.1 cm³/mol. The lowest BCUT2D eigenvalue weighted by Crippen LogP contribution is -2.46. The molecule has 2 aromatic rings. The number of benzene rings is 1. The first-order chi connectivity index (χ1) is 9.79. The van der Waals surface area contributed by atoms with Gasteiger partial charge in [-0.15, -0.1) is 0 Å². The third kappa shape index (κ3) is 3.35. The second kappa shape index (κ2) is 5.49. The van der Waals surface area contributed by atoms with E-state index in [9.17, 15) is 14.7 Å². The zero-order valence-corrected chi connectivity index (χ0v) is 11.8. The first-order valence-corrected chi connectivity index (χ1v) is 6.41. The number of nitrogens with one attached hydrogen (secondary N) is 1. The molecule has 1 aromatic heterocycles. The molecule has 0 fully saturated rings. The molecule has 0 saturated carbocycles. The van der Waals surface area contributed by atoms with Crippen molar-refractivity contribution in [1.29, 1.82) is 0 Å². The maximum atomic E-state index is 12.0. The molecule has 0 aliphatic carbocycles. The van der Waals surface area contributed by atoms with Gasteiger partial charge in [0.25, 0.3) is 5.91 Å². The summed E-state index contributed by atoms with van der Waals surface area (Å²) in [5.74, 6) is -1.83. The fraction of sp³-hybridized carbons (Fsp3) is 0.267. The minimum absolute atomic E-state index is 0.370. The topological polar surface area (TPSA) is 99.5 Å². The Morgan fingerprint density at radius 3 is 2.67 bits per heavy atom. The largest absolute Gasteiger partial charge is 0.479 e. The number of rotatable bonds is 4. The summed E-state index contributed by atoms with van der Waals surface area (Å²) in [5.41, 5.74) is 0.0566. The molecule has 0 radical (unpaired) electrons. The summed E-state index contributed by atoms with van der Waals surface area (Å²) in [6.07, 6.45) is 0. The number of aliphatic carboxylic acids is 1. The summed E-state index contributed by atoms with van der Waals surface area (Å²) in [6, 6.07) is 8.72. The van der Waals surface area contributed by atoms with Gasteiger partial charge < -0.3 is 15.5 Å². The molecule has 1 amide bonds. The zero-order valence-electron chi connectivity index (χ0n) is 11.8. The number of pyridine rings is 1. The van der Waals surface area contributed by atoms with E-state index in [4.69, 9.17) is 5.11 Å². The monoisotopic (exact) mass is 288 g/mol. The Balaban J connectivity index is 2.16. The average molecular weight is 288 g/mol. The van der Waals surface area contributed by atoms with Crippen LogP contribution in [0.1, 0.15) is 23.0 Å². The second-order valence-electron chi connectivity index (χ2n) is 5.12. The van der Waals surface area contributed by atoms with Gasteiger partial charge in [-0.25, -0.2) is 4.79 Å². The molecule has 3 N–H and O–H groups in total. The van der Waals surface area contributed by atoms with Crippen molar-refractivity contribution in [3.05, 3.63) is 41.6 Å². The van der Waals surface area contributed by atoms with Gasteiger partial charge in [-0.1, -0.05) is 6.07 Å². The van der Waals surface area contributed by atoms with Crippen LogP contribution in [0.25, 0.3) is 10.9 Å².